The first-order valence-corrected chi connectivity index (χ1v) is 6.05. The first-order chi connectivity index (χ1) is 9.08. The predicted molar refractivity (Wildman–Crippen MR) is 66.7 cm³/mol. The third-order valence-electron chi connectivity index (χ3n) is 2.82. The zero-order valence-corrected chi connectivity index (χ0v) is 10.6. The van der Waals surface area contributed by atoms with E-state index in [4.69, 9.17) is 0 Å². The van der Waals surface area contributed by atoms with Gasteiger partial charge in [-0.1, -0.05) is 0 Å². The van der Waals surface area contributed by atoms with Gasteiger partial charge in [0, 0.05) is 31.4 Å². The number of aromatic nitrogens is 2. The number of Topliss-reactive ketones (excluding diaryl/α,β-unsaturated/α-hetero) is 1. The van der Waals surface area contributed by atoms with Gasteiger partial charge in [-0.05, 0) is 24.6 Å². The fourth-order valence-corrected chi connectivity index (χ4v) is 1.97. The van der Waals surface area contributed by atoms with E-state index >= 15 is 0 Å². The zero-order valence-electron chi connectivity index (χ0n) is 10.6. The maximum atomic E-state index is 13.0. The highest BCUT2D eigenvalue weighted by molar-refractivity contribution is 5.82. The van der Waals surface area contributed by atoms with Crippen molar-refractivity contribution in [1.82, 2.24) is 9.55 Å². The van der Waals surface area contributed by atoms with E-state index in [2.05, 4.69) is 4.98 Å². The van der Waals surface area contributed by atoms with Crippen molar-refractivity contribution < 1.29 is 13.6 Å². The van der Waals surface area contributed by atoms with E-state index < -0.39 is 11.6 Å². The minimum absolute atomic E-state index is 0.00521. The molecule has 0 aliphatic rings. The van der Waals surface area contributed by atoms with Gasteiger partial charge in [0.15, 0.2) is 0 Å². The smallest absolute Gasteiger partial charge is 0.144 e. The Morgan fingerprint density at radius 2 is 1.89 bits per heavy atom. The average Bonchev–Trinajstić information content (AvgIpc) is 2.74. The van der Waals surface area contributed by atoms with Crippen LogP contribution in [-0.4, -0.2) is 15.3 Å². The monoisotopic (exact) mass is 264 g/mol. The minimum atomic E-state index is -0.669. The van der Waals surface area contributed by atoms with Gasteiger partial charge >= 0.3 is 0 Å². The van der Waals surface area contributed by atoms with E-state index in [-0.39, 0.29) is 18.6 Å². The van der Waals surface area contributed by atoms with Crippen molar-refractivity contribution >= 4 is 5.78 Å². The molecule has 0 aliphatic heterocycles. The van der Waals surface area contributed by atoms with Crippen molar-refractivity contribution in [3.05, 3.63) is 53.6 Å². The topological polar surface area (TPSA) is 34.9 Å². The molecular formula is C14H14F2N2O. The second-order valence-corrected chi connectivity index (χ2v) is 4.30. The molecular weight excluding hydrogens is 250 g/mol. The summed E-state index contributed by atoms with van der Waals surface area (Å²) >= 11 is 0. The maximum Gasteiger partial charge on any atom is 0.144 e. The molecule has 1 aromatic heterocycles. The van der Waals surface area contributed by atoms with Crippen LogP contribution in [0.25, 0.3) is 0 Å². The molecule has 0 aliphatic carbocycles. The summed E-state index contributed by atoms with van der Waals surface area (Å²) in [5.74, 6) is -0.786. The van der Waals surface area contributed by atoms with Gasteiger partial charge in [-0.15, -0.1) is 0 Å². The van der Waals surface area contributed by atoms with Gasteiger partial charge in [0.25, 0.3) is 0 Å². The molecule has 3 nitrogen and oxygen atoms in total. The third kappa shape index (κ3) is 3.47. The summed E-state index contributed by atoms with van der Waals surface area (Å²) in [7, 11) is 0. The van der Waals surface area contributed by atoms with Gasteiger partial charge in [0.1, 0.15) is 23.2 Å². The first-order valence-electron chi connectivity index (χ1n) is 6.05. The Labute approximate surface area is 109 Å². The van der Waals surface area contributed by atoms with Gasteiger partial charge in [-0.25, -0.2) is 13.8 Å². The Morgan fingerprint density at radius 1 is 1.21 bits per heavy atom. The van der Waals surface area contributed by atoms with Gasteiger partial charge in [0.2, 0.25) is 0 Å². The number of rotatable bonds is 5. The fourth-order valence-electron chi connectivity index (χ4n) is 1.97. The standard InChI is InChI=1S/C14H14F2N2O/c1-2-18-4-3-17-14(18)9-13(19)7-10-5-11(15)8-12(16)6-10/h3-6,8H,2,7,9H2,1H3. The van der Waals surface area contributed by atoms with E-state index in [1.165, 1.54) is 12.1 Å². The summed E-state index contributed by atoms with van der Waals surface area (Å²) in [6.45, 7) is 2.69. The van der Waals surface area contributed by atoms with Crippen LogP contribution < -0.4 is 0 Å². The van der Waals surface area contributed by atoms with Crippen LogP contribution in [0, 0.1) is 11.6 Å². The number of hydrogen-bond donors (Lipinski definition) is 0. The highest BCUT2D eigenvalue weighted by Crippen LogP contribution is 2.10. The largest absolute Gasteiger partial charge is 0.335 e. The molecule has 0 N–H and O–H groups in total. The van der Waals surface area contributed by atoms with E-state index in [0.717, 1.165) is 12.6 Å². The van der Waals surface area contributed by atoms with Crippen molar-refractivity contribution in [2.24, 2.45) is 0 Å². The molecule has 2 aromatic rings. The van der Waals surface area contributed by atoms with Crippen LogP contribution in [0.2, 0.25) is 0 Å². The van der Waals surface area contributed by atoms with Crippen molar-refractivity contribution in [3.63, 3.8) is 0 Å². The van der Waals surface area contributed by atoms with E-state index in [1.54, 1.807) is 12.4 Å². The molecule has 5 heteroatoms. The molecule has 19 heavy (non-hydrogen) atoms. The molecule has 0 unspecified atom stereocenters. The number of ketones is 1. The van der Waals surface area contributed by atoms with Crippen LogP contribution in [0.1, 0.15) is 18.3 Å². The molecule has 0 radical (unpaired) electrons. The SMILES string of the molecule is CCn1ccnc1CC(=O)Cc1cc(F)cc(F)c1. The highest BCUT2D eigenvalue weighted by Gasteiger charge is 2.10. The lowest BCUT2D eigenvalue weighted by atomic mass is 10.1. The van der Waals surface area contributed by atoms with Crippen LogP contribution in [0.5, 0.6) is 0 Å². The molecule has 0 saturated carbocycles. The Bertz CT molecular complexity index is 573. The van der Waals surface area contributed by atoms with E-state index in [0.29, 0.717) is 11.4 Å². The molecule has 1 aromatic carbocycles. The van der Waals surface area contributed by atoms with Crippen molar-refractivity contribution in [2.45, 2.75) is 26.3 Å². The molecule has 0 spiro atoms. The number of nitrogens with zero attached hydrogens (tertiary/aromatic N) is 2. The van der Waals surface area contributed by atoms with Crippen molar-refractivity contribution in [1.29, 1.82) is 0 Å². The number of hydrogen-bond acceptors (Lipinski definition) is 2. The van der Waals surface area contributed by atoms with Crippen LogP contribution in [0.4, 0.5) is 8.78 Å². The Morgan fingerprint density at radius 3 is 2.53 bits per heavy atom. The third-order valence-corrected chi connectivity index (χ3v) is 2.82. The summed E-state index contributed by atoms with van der Waals surface area (Å²) in [5, 5.41) is 0. The number of benzene rings is 1. The summed E-state index contributed by atoms with van der Waals surface area (Å²) in [6.07, 6.45) is 3.60. The number of halogens is 2. The molecule has 100 valence electrons. The quantitative estimate of drug-likeness (QED) is 0.831. The van der Waals surface area contributed by atoms with Crippen molar-refractivity contribution in [3.8, 4) is 0 Å². The lowest BCUT2D eigenvalue weighted by Crippen LogP contribution is -2.11. The van der Waals surface area contributed by atoms with Crippen LogP contribution >= 0.6 is 0 Å². The predicted octanol–water partition coefficient (Wildman–Crippen LogP) is 2.54. The molecule has 0 fully saturated rings. The number of carbonyl (C=O) groups excluding carboxylic acids is 1. The minimum Gasteiger partial charge on any atom is -0.335 e. The van der Waals surface area contributed by atoms with Gasteiger partial charge in [0.05, 0.1) is 6.42 Å². The summed E-state index contributed by atoms with van der Waals surface area (Å²) in [4.78, 5) is 16.0. The van der Waals surface area contributed by atoms with Crippen LogP contribution in [-0.2, 0) is 24.2 Å². The van der Waals surface area contributed by atoms with E-state index in [1.807, 2.05) is 11.5 Å². The van der Waals surface area contributed by atoms with Gasteiger partial charge in [-0.3, -0.25) is 4.79 Å². The highest BCUT2D eigenvalue weighted by atomic mass is 19.1. The van der Waals surface area contributed by atoms with Gasteiger partial charge in [-0.2, -0.15) is 0 Å². The fraction of sp³-hybridized carbons (Fsp3) is 0.286. The molecule has 2 rings (SSSR count). The average molecular weight is 264 g/mol. The number of carbonyl (C=O) groups is 1. The Kier molecular flexibility index (Phi) is 4.04. The number of aryl methyl sites for hydroxylation is 1. The lowest BCUT2D eigenvalue weighted by molar-refractivity contribution is -0.117. The van der Waals surface area contributed by atoms with Crippen molar-refractivity contribution in [2.75, 3.05) is 0 Å². The Balaban J connectivity index is 2.05. The normalized spacial score (nSPS) is 10.7. The zero-order chi connectivity index (χ0) is 13.8. The first kappa shape index (κ1) is 13.4. The molecule has 0 bridgehead atoms. The van der Waals surface area contributed by atoms with E-state index in [9.17, 15) is 13.6 Å². The number of imidazole rings is 1. The molecule has 1 heterocycles. The lowest BCUT2D eigenvalue weighted by Gasteiger charge is -2.05. The van der Waals surface area contributed by atoms with Crippen LogP contribution in [0.15, 0.2) is 30.6 Å². The second-order valence-electron chi connectivity index (χ2n) is 4.30. The summed E-state index contributed by atoms with van der Waals surface area (Å²) in [5.41, 5.74) is 0.345. The molecule has 0 saturated heterocycles. The van der Waals surface area contributed by atoms with Gasteiger partial charge < -0.3 is 4.57 Å². The summed E-state index contributed by atoms with van der Waals surface area (Å²) < 4.78 is 27.9. The Hall–Kier alpha value is -2.04. The van der Waals surface area contributed by atoms with Crippen LogP contribution in [0.3, 0.4) is 0 Å². The summed E-state index contributed by atoms with van der Waals surface area (Å²) in [6, 6.07) is 3.14. The molecule has 0 amide bonds. The molecule has 0 atom stereocenters. The maximum absolute atomic E-state index is 13.0. The second kappa shape index (κ2) is 5.73.